The fraction of sp³-hybridized carbons (Fsp3) is 0.438. The highest BCUT2D eigenvalue weighted by Crippen LogP contribution is 2.34. The first-order chi connectivity index (χ1) is 9.65. The van der Waals surface area contributed by atoms with Gasteiger partial charge in [-0.3, -0.25) is 4.98 Å². The molecule has 104 valence electrons. The van der Waals surface area contributed by atoms with E-state index < -0.39 is 0 Å². The Labute approximate surface area is 124 Å². The lowest BCUT2D eigenvalue weighted by atomic mass is 9.84. The SMILES string of the molecule is CC(C)c1nc(=S)cc(C2CCCc3cccnc32)[nH]1. The highest BCUT2D eigenvalue weighted by Gasteiger charge is 2.24. The fourth-order valence-electron chi connectivity index (χ4n) is 2.87. The zero-order chi connectivity index (χ0) is 14.1. The van der Waals surface area contributed by atoms with Crippen molar-refractivity contribution in [3.63, 3.8) is 0 Å². The lowest BCUT2D eigenvalue weighted by Crippen LogP contribution is -2.15. The Kier molecular flexibility index (Phi) is 3.66. The van der Waals surface area contributed by atoms with Gasteiger partial charge >= 0.3 is 0 Å². The predicted molar refractivity (Wildman–Crippen MR) is 82.5 cm³/mol. The molecule has 0 radical (unpaired) electrons. The molecule has 1 N–H and O–H groups in total. The van der Waals surface area contributed by atoms with E-state index in [0.29, 0.717) is 16.5 Å². The average Bonchev–Trinajstić information content (AvgIpc) is 2.46. The van der Waals surface area contributed by atoms with Crippen molar-refractivity contribution in [1.82, 2.24) is 15.0 Å². The number of aromatic amines is 1. The van der Waals surface area contributed by atoms with Gasteiger partial charge in [0.2, 0.25) is 0 Å². The third-order valence-corrected chi connectivity index (χ3v) is 4.11. The van der Waals surface area contributed by atoms with Crippen molar-refractivity contribution in [1.29, 1.82) is 0 Å². The van der Waals surface area contributed by atoms with Crippen molar-refractivity contribution in [3.05, 3.63) is 51.8 Å². The molecule has 0 saturated carbocycles. The number of pyridine rings is 1. The van der Waals surface area contributed by atoms with Crippen molar-refractivity contribution < 1.29 is 0 Å². The number of nitrogens with one attached hydrogen (secondary N) is 1. The summed E-state index contributed by atoms with van der Waals surface area (Å²) in [5.74, 6) is 1.64. The summed E-state index contributed by atoms with van der Waals surface area (Å²) in [6, 6.07) is 6.21. The van der Waals surface area contributed by atoms with Gasteiger partial charge in [0.1, 0.15) is 10.5 Å². The van der Waals surface area contributed by atoms with Crippen LogP contribution < -0.4 is 0 Å². The minimum absolute atomic E-state index is 0.321. The van der Waals surface area contributed by atoms with Crippen LogP contribution in [-0.4, -0.2) is 15.0 Å². The van der Waals surface area contributed by atoms with E-state index in [4.69, 9.17) is 12.2 Å². The van der Waals surface area contributed by atoms with Gasteiger partial charge in [0.05, 0.1) is 5.69 Å². The molecule has 2 heterocycles. The Morgan fingerprint density at radius 2 is 2.25 bits per heavy atom. The van der Waals surface area contributed by atoms with Crippen LogP contribution in [0.5, 0.6) is 0 Å². The largest absolute Gasteiger partial charge is 0.346 e. The summed E-state index contributed by atoms with van der Waals surface area (Å²) >= 11 is 5.32. The normalized spacial score (nSPS) is 18.1. The van der Waals surface area contributed by atoms with Crippen LogP contribution in [0.1, 0.15) is 61.3 Å². The molecule has 1 aliphatic rings. The molecule has 0 aliphatic heterocycles. The standard InChI is InChI=1S/C16H19N3S/c1-10(2)16-18-13(9-14(20)19-16)12-7-3-5-11-6-4-8-17-15(11)12/h4,6,8-10,12H,3,5,7H2,1-2H3,(H,18,19,20). The topological polar surface area (TPSA) is 41.6 Å². The van der Waals surface area contributed by atoms with E-state index in [1.54, 1.807) is 0 Å². The predicted octanol–water partition coefficient (Wildman–Crippen LogP) is 4.13. The zero-order valence-corrected chi connectivity index (χ0v) is 12.7. The number of H-pyrrole nitrogens is 1. The average molecular weight is 285 g/mol. The molecule has 0 aromatic carbocycles. The first-order valence-corrected chi connectivity index (χ1v) is 7.61. The summed E-state index contributed by atoms with van der Waals surface area (Å²) in [7, 11) is 0. The molecule has 1 aliphatic carbocycles. The van der Waals surface area contributed by atoms with E-state index in [2.05, 4.69) is 34.9 Å². The summed E-state index contributed by atoms with van der Waals surface area (Å²) < 4.78 is 0.672. The highest BCUT2D eigenvalue weighted by atomic mass is 32.1. The quantitative estimate of drug-likeness (QED) is 0.844. The third kappa shape index (κ3) is 2.52. The van der Waals surface area contributed by atoms with Gasteiger partial charge in [-0.1, -0.05) is 32.1 Å². The molecule has 20 heavy (non-hydrogen) atoms. The number of nitrogens with zero attached hydrogens (tertiary/aromatic N) is 2. The molecule has 4 heteroatoms. The zero-order valence-electron chi connectivity index (χ0n) is 11.9. The Morgan fingerprint density at radius 3 is 3.05 bits per heavy atom. The van der Waals surface area contributed by atoms with Crippen LogP contribution in [0, 0.1) is 4.64 Å². The van der Waals surface area contributed by atoms with Crippen LogP contribution in [0.3, 0.4) is 0 Å². The fourth-order valence-corrected chi connectivity index (χ4v) is 3.09. The summed E-state index contributed by atoms with van der Waals surface area (Å²) in [5, 5.41) is 0. The number of rotatable bonds is 2. The molecule has 0 spiro atoms. The number of aromatic nitrogens is 3. The molecule has 2 aromatic heterocycles. The lowest BCUT2D eigenvalue weighted by Gasteiger charge is -2.25. The molecule has 0 fully saturated rings. The minimum Gasteiger partial charge on any atom is -0.346 e. The molecule has 3 nitrogen and oxygen atoms in total. The molecule has 0 bridgehead atoms. The second-order valence-corrected chi connectivity index (χ2v) is 6.13. The van der Waals surface area contributed by atoms with Gasteiger partial charge in [0, 0.05) is 23.7 Å². The summed E-state index contributed by atoms with van der Waals surface area (Å²) in [4.78, 5) is 12.5. The molecular formula is C16H19N3S. The lowest BCUT2D eigenvalue weighted by molar-refractivity contribution is 0.580. The van der Waals surface area contributed by atoms with Crippen LogP contribution in [-0.2, 0) is 6.42 Å². The van der Waals surface area contributed by atoms with Crippen LogP contribution in [0.2, 0.25) is 0 Å². The van der Waals surface area contributed by atoms with Crippen LogP contribution in [0.25, 0.3) is 0 Å². The monoisotopic (exact) mass is 285 g/mol. The Balaban J connectivity index is 2.08. The van der Waals surface area contributed by atoms with Gasteiger partial charge in [-0.2, -0.15) is 0 Å². The number of hydrogen-bond acceptors (Lipinski definition) is 3. The first-order valence-electron chi connectivity index (χ1n) is 7.20. The van der Waals surface area contributed by atoms with Crippen LogP contribution >= 0.6 is 12.2 Å². The maximum Gasteiger partial charge on any atom is 0.130 e. The maximum absolute atomic E-state index is 5.32. The second kappa shape index (κ2) is 5.44. The van der Waals surface area contributed by atoms with Gasteiger partial charge in [-0.25, -0.2) is 4.98 Å². The molecule has 3 rings (SSSR count). The number of fused-ring (bicyclic) bond motifs is 1. The van der Waals surface area contributed by atoms with Crippen molar-refractivity contribution >= 4 is 12.2 Å². The molecular weight excluding hydrogens is 266 g/mol. The number of aryl methyl sites for hydroxylation is 1. The summed E-state index contributed by atoms with van der Waals surface area (Å²) in [5.41, 5.74) is 3.73. The summed E-state index contributed by atoms with van der Waals surface area (Å²) in [6.45, 7) is 4.26. The third-order valence-electron chi connectivity index (χ3n) is 3.90. The Bertz CT molecular complexity index is 675. The van der Waals surface area contributed by atoms with Crippen molar-refractivity contribution in [2.45, 2.75) is 44.9 Å². The molecule has 2 aromatic rings. The molecule has 1 atom stereocenters. The van der Waals surface area contributed by atoms with Gasteiger partial charge in [-0.05, 0) is 37.0 Å². The van der Waals surface area contributed by atoms with Crippen molar-refractivity contribution in [2.24, 2.45) is 0 Å². The van der Waals surface area contributed by atoms with E-state index in [-0.39, 0.29) is 0 Å². The van der Waals surface area contributed by atoms with Gasteiger partial charge in [0.15, 0.2) is 0 Å². The van der Waals surface area contributed by atoms with Crippen LogP contribution in [0.4, 0.5) is 0 Å². The van der Waals surface area contributed by atoms with Crippen LogP contribution in [0.15, 0.2) is 24.4 Å². The van der Waals surface area contributed by atoms with E-state index in [1.807, 2.05) is 18.3 Å². The van der Waals surface area contributed by atoms with Gasteiger partial charge in [0.25, 0.3) is 0 Å². The van der Waals surface area contributed by atoms with E-state index in [1.165, 1.54) is 17.7 Å². The maximum atomic E-state index is 5.32. The van der Waals surface area contributed by atoms with E-state index in [9.17, 15) is 0 Å². The van der Waals surface area contributed by atoms with Crippen molar-refractivity contribution in [2.75, 3.05) is 0 Å². The molecule has 1 unspecified atom stereocenters. The molecule has 0 saturated heterocycles. The van der Waals surface area contributed by atoms with Gasteiger partial charge in [-0.15, -0.1) is 0 Å². The van der Waals surface area contributed by atoms with E-state index >= 15 is 0 Å². The number of hydrogen-bond donors (Lipinski definition) is 1. The Morgan fingerprint density at radius 1 is 1.40 bits per heavy atom. The smallest absolute Gasteiger partial charge is 0.130 e. The molecule has 0 amide bonds. The summed E-state index contributed by atoms with van der Waals surface area (Å²) in [6.07, 6.45) is 5.33. The second-order valence-electron chi connectivity index (χ2n) is 5.71. The first kappa shape index (κ1) is 13.4. The van der Waals surface area contributed by atoms with Crippen molar-refractivity contribution in [3.8, 4) is 0 Å². The van der Waals surface area contributed by atoms with Gasteiger partial charge < -0.3 is 4.98 Å². The minimum atomic E-state index is 0.321. The Hall–Kier alpha value is -1.55. The highest BCUT2D eigenvalue weighted by molar-refractivity contribution is 7.71. The van der Waals surface area contributed by atoms with E-state index in [0.717, 1.165) is 24.4 Å².